The van der Waals surface area contributed by atoms with Crippen molar-refractivity contribution in [2.45, 2.75) is 25.1 Å². The number of hydrogen-bond donors (Lipinski definition) is 2. The van der Waals surface area contributed by atoms with Gasteiger partial charge in [0.25, 0.3) is 0 Å². The monoisotopic (exact) mass is 243 g/mol. The zero-order chi connectivity index (χ0) is 12.5. The summed E-state index contributed by atoms with van der Waals surface area (Å²) in [5.41, 5.74) is 0.471. The molecule has 0 saturated carbocycles. The molecule has 1 aromatic rings. The highest BCUT2D eigenvalue weighted by Crippen LogP contribution is 2.31. The van der Waals surface area contributed by atoms with Gasteiger partial charge in [0.05, 0.1) is 11.7 Å². The quantitative estimate of drug-likeness (QED) is 0.836. The van der Waals surface area contributed by atoms with Gasteiger partial charge in [-0.2, -0.15) is 13.2 Å². The van der Waals surface area contributed by atoms with Crippen LogP contribution in [0.5, 0.6) is 0 Å². The van der Waals surface area contributed by atoms with E-state index in [1.54, 1.807) is 12.1 Å². The van der Waals surface area contributed by atoms with E-state index in [0.717, 1.165) is 17.8 Å². The molecule has 0 aromatic heterocycles. The summed E-state index contributed by atoms with van der Waals surface area (Å²) in [5.74, 6) is 0. The van der Waals surface area contributed by atoms with Crippen molar-refractivity contribution in [3.8, 4) is 0 Å². The summed E-state index contributed by atoms with van der Waals surface area (Å²) in [6, 6.07) is 5.02. The van der Waals surface area contributed by atoms with Crippen molar-refractivity contribution < 1.29 is 18.3 Å². The van der Waals surface area contributed by atoms with Crippen molar-refractivity contribution in [2.75, 3.05) is 5.32 Å². The van der Waals surface area contributed by atoms with Gasteiger partial charge in [-0.15, -0.1) is 0 Å². The number of benzene rings is 1. The maximum atomic E-state index is 12.5. The minimum absolute atomic E-state index is 0.389. The zero-order valence-corrected chi connectivity index (χ0v) is 8.96. The number of anilines is 1. The van der Waals surface area contributed by atoms with Gasteiger partial charge < -0.3 is 10.4 Å². The lowest BCUT2D eigenvalue weighted by Gasteiger charge is -2.10. The van der Waals surface area contributed by atoms with Crippen molar-refractivity contribution >= 4 is 5.69 Å². The van der Waals surface area contributed by atoms with Crippen LogP contribution >= 0.6 is 0 Å². The lowest BCUT2D eigenvalue weighted by atomic mass is 10.2. The van der Waals surface area contributed by atoms with Gasteiger partial charge in [0.15, 0.2) is 0 Å². The zero-order valence-electron chi connectivity index (χ0n) is 8.96. The molecule has 0 fully saturated rings. The predicted octanol–water partition coefficient (Wildman–Crippen LogP) is 3.16. The third-order valence-corrected chi connectivity index (χ3v) is 2.60. The van der Waals surface area contributed by atoms with Crippen molar-refractivity contribution in [3.63, 3.8) is 0 Å². The van der Waals surface area contributed by atoms with Gasteiger partial charge >= 0.3 is 6.18 Å². The standard InChI is InChI=1S/C12H12F3NO/c13-12(14,15)8-2-1-3-9(6-8)16-10-4-5-11(17)7-10/h1-3,6-7,11,16-17H,4-5H2. The Morgan fingerprint density at radius 2 is 2.06 bits per heavy atom. The number of alkyl halides is 3. The van der Waals surface area contributed by atoms with E-state index in [-0.39, 0.29) is 0 Å². The maximum Gasteiger partial charge on any atom is 0.416 e. The average molecular weight is 243 g/mol. The van der Waals surface area contributed by atoms with Crippen molar-refractivity contribution in [1.82, 2.24) is 0 Å². The van der Waals surface area contributed by atoms with Crippen LogP contribution in [0, 0.1) is 0 Å². The lowest BCUT2D eigenvalue weighted by Crippen LogP contribution is -2.06. The fourth-order valence-corrected chi connectivity index (χ4v) is 1.77. The molecule has 1 atom stereocenters. The van der Waals surface area contributed by atoms with Crippen LogP contribution in [0.1, 0.15) is 18.4 Å². The molecule has 1 aromatic carbocycles. The normalized spacial score (nSPS) is 20.2. The average Bonchev–Trinajstić information content (AvgIpc) is 2.63. The molecule has 1 aliphatic rings. The van der Waals surface area contributed by atoms with Crippen LogP contribution < -0.4 is 5.32 Å². The second-order valence-electron chi connectivity index (χ2n) is 4.00. The number of hydrogen-bond acceptors (Lipinski definition) is 2. The fraction of sp³-hybridized carbons (Fsp3) is 0.333. The summed E-state index contributed by atoms with van der Waals surface area (Å²) in [5, 5.41) is 12.1. The largest absolute Gasteiger partial charge is 0.416 e. The highest BCUT2D eigenvalue weighted by atomic mass is 19.4. The number of halogens is 3. The molecule has 0 heterocycles. The molecule has 1 unspecified atom stereocenters. The van der Waals surface area contributed by atoms with Gasteiger partial charge in [0.2, 0.25) is 0 Å². The Balaban J connectivity index is 2.15. The molecule has 0 amide bonds. The number of aliphatic hydroxyl groups excluding tert-OH is 1. The maximum absolute atomic E-state index is 12.5. The topological polar surface area (TPSA) is 32.3 Å². The first-order chi connectivity index (χ1) is 7.95. The second-order valence-corrected chi connectivity index (χ2v) is 4.00. The fourth-order valence-electron chi connectivity index (χ4n) is 1.77. The molecule has 0 aliphatic heterocycles. The molecule has 0 bridgehead atoms. The lowest BCUT2D eigenvalue weighted by molar-refractivity contribution is -0.137. The smallest absolute Gasteiger partial charge is 0.389 e. The first-order valence-corrected chi connectivity index (χ1v) is 5.28. The minimum Gasteiger partial charge on any atom is -0.389 e. The summed E-state index contributed by atoms with van der Waals surface area (Å²) in [7, 11) is 0. The molecule has 0 radical (unpaired) electrons. The van der Waals surface area contributed by atoms with Crippen LogP contribution in [0.4, 0.5) is 18.9 Å². The van der Waals surface area contributed by atoms with E-state index in [1.807, 2.05) is 0 Å². The molecule has 2 nitrogen and oxygen atoms in total. The van der Waals surface area contributed by atoms with Crippen LogP contribution in [0.25, 0.3) is 0 Å². The van der Waals surface area contributed by atoms with E-state index < -0.39 is 17.8 Å². The summed E-state index contributed by atoms with van der Waals surface area (Å²) in [4.78, 5) is 0. The number of aliphatic hydroxyl groups is 1. The Morgan fingerprint density at radius 1 is 1.29 bits per heavy atom. The van der Waals surface area contributed by atoms with Gasteiger partial charge in [-0.3, -0.25) is 0 Å². The van der Waals surface area contributed by atoms with E-state index in [0.29, 0.717) is 18.5 Å². The number of allylic oxidation sites excluding steroid dienone is 1. The van der Waals surface area contributed by atoms with E-state index in [4.69, 9.17) is 0 Å². The summed E-state index contributed by atoms with van der Waals surface area (Å²) < 4.78 is 37.4. The highest BCUT2D eigenvalue weighted by molar-refractivity contribution is 5.51. The first kappa shape index (κ1) is 12.0. The van der Waals surface area contributed by atoms with Gasteiger partial charge in [0, 0.05) is 11.4 Å². The van der Waals surface area contributed by atoms with Gasteiger partial charge in [-0.1, -0.05) is 6.07 Å². The minimum atomic E-state index is -4.33. The Kier molecular flexibility index (Phi) is 3.11. The molecule has 17 heavy (non-hydrogen) atoms. The van der Waals surface area contributed by atoms with Gasteiger partial charge in [0.1, 0.15) is 0 Å². The number of nitrogens with one attached hydrogen (secondary N) is 1. The molecule has 2 rings (SSSR count). The predicted molar refractivity (Wildman–Crippen MR) is 58.4 cm³/mol. The van der Waals surface area contributed by atoms with Crippen LogP contribution in [-0.4, -0.2) is 11.2 Å². The first-order valence-electron chi connectivity index (χ1n) is 5.28. The molecule has 1 aliphatic carbocycles. The Morgan fingerprint density at radius 3 is 2.65 bits per heavy atom. The Hall–Kier alpha value is -1.49. The van der Waals surface area contributed by atoms with Crippen LogP contribution in [0.3, 0.4) is 0 Å². The SMILES string of the molecule is OC1C=C(Nc2cccc(C(F)(F)F)c2)CC1. The summed E-state index contributed by atoms with van der Waals surface area (Å²) >= 11 is 0. The van der Waals surface area contributed by atoms with Crippen LogP contribution in [0.15, 0.2) is 36.0 Å². The molecule has 92 valence electrons. The molecule has 5 heteroatoms. The van der Waals surface area contributed by atoms with E-state index >= 15 is 0 Å². The van der Waals surface area contributed by atoms with Gasteiger partial charge in [-0.25, -0.2) is 0 Å². The van der Waals surface area contributed by atoms with Crippen molar-refractivity contribution in [3.05, 3.63) is 41.6 Å². The van der Waals surface area contributed by atoms with E-state index in [2.05, 4.69) is 5.32 Å². The third-order valence-electron chi connectivity index (χ3n) is 2.60. The van der Waals surface area contributed by atoms with Gasteiger partial charge in [-0.05, 0) is 37.1 Å². The third kappa shape index (κ3) is 3.00. The molecule has 0 saturated heterocycles. The molecular weight excluding hydrogens is 231 g/mol. The van der Waals surface area contributed by atoms with Crippen molar-refractivity contribution in [2.24, 2.45) is 0 Å². The Bertz CT molecular complexity index is 440. The van der Waals surface area contributed by atoms with Crippen LogP contribution in [0.2, 0.25) is 0 Å². The Labute approximate surface area is 96.8 Å². The van der Waals surface area contributed by atoms with Crippen molar-refractivity contribution in [1.29, 1.82) is 0 Å². The molecular formula is C12H12F3NO. The highest BCUT2D eigenvalue weighted by Gasteiger charge is 2.30. The molecule has 0 spiro atoms. The van der Waals surface area contributed by atoms with E-state index in [9.17, 15) is 18.3 Å². The second kappa shape index (κ2) is 4.41. The number of rotatable bonds is 2. The van der Waals surface area contributed by atoms with Crippen LogP contribution in [-0.2, 0) is 6.18 Å². The van der Waals surface area contributed by atoms with E-state index in [1.165, 1.54) is 6.07 Å². The summed E-state index contributed by atoms with van der Waals surface area (Å²) in [6.45, 7) is 0. The molecule has 2 N–H and O–H groups in total. The summed E-state index contributed by atoms with van der Waals surface area (Å²) in [6.07, 6.45) is -1.94.